The number of nitrogen functional groups attached to an aromatic ring is 1. The second-order valence-electron chi connectivity index (χ2n) is 3.99. The van der Waals surface area contributed by atoms with E-state index in [1.807, 2.05) is 0 Å². The molecule has 0 unspecified atom stereocenters. The van der Waals surface area contributed by atoms with Gasteiger partial charge < -0.3 is 10.5 Å². The Kier molecular flexibility index (Phi) is 4.20. The minimum Gasteiger partial charge on any atom is -0.495 e. The molecular weight excluding hydrogens is 282 g/mol. The molecule has 1 aromatic heterocycles. The number of hydrogen-bond donors (Lipinski definition) is 3. The number of nitrogens with one attached hydrogen (secondary N) is 2. The van der Waals surface area contributed by atoms with Gasteiger partial charge >= 0.3 is 0 Å². The molecule has 2 rings (SSSR count). The van der Waals surface area contributed by atoms with Crippen molar-refractivity contribution in [2.75, 3.05) is 19.4 Å². The first-order valence-electron chi connectivity index (χ1n) is 5.80. The molecule has 9 heteroatoms. The fraction of sp³-hybridized carbons (Fsp3) is 0.273. The summed E-state index contributed by atoms with van der Waals surface area (Å²) in [4.78, 5) is 3.92. The van der Waals surface area contributed by atoms with Crippen molar-refractivity contribution in [2.45, 2.75) is 11.3 Å². The predicted octanol–water partition coefficient (Wildman–Crippen LogP) is -0.0835. The van der Waals surface area contributed by atoms with Gasteiger partial charge in [0.25, 0.3) is 0 Å². The molecule has 8 nitrogen and oxygen atoms in total. The third-order valence-electron chi connectivity index (χ3n) is 2.60. The minimum atomic E-state index is -3.70. The Morgan fingerprint density at radius 2 is 2.25 bits per heavy atom. The van der Waals surface area contributed by atoms with Gasteiger partial charge in [0.1, 0.15) is 22.8 Å². The van der Waals surface area contributed by atoms with Gasteiger partial charge in [-0.25, -0.2) is 18.1 Å². The van der Waals surface area contributed by atoms with E-state index in [4.69, 9.17) is 10.5 Å². The number of nitrogens with two attached hydrogens (primary N) is 1. The summed E-state index contributed by atoms with van der Waals surface area (Å²) in [5.74, 6) is 0.846. The lowest BCUT2D eigenvalue weighted by Crippen LogP contribution is -2.26. The highest BCUT2D eigenvalue weighted by atomic mass is 32.2. The Hall–Kier alpha value is -2.13. The number of methoxy groups -OCH3 is 1. The van der Waals surface area contributed by atoms with Crippen LogP contribution in [0.1, 0.15) is 5.82 Å². The first-order valence-corrected chi connectivity index (χ1v) is 7.28. The molecule has 0 amide bonds. The Labute approximate surface area is 116 Å². The minimum absolute atomic E-state index is 0.0116. The number of ether oxygens (including phenoxy) is 1. The van der Waals surface area contributed by atoms with E-state index in [9.17, 15) is 8.42 Å². The molecular formula is C11H15N5O3S. The number of nitrogens with zero attached hydrogens (tertiary/aromatic N) is 2. The zero-order valence-corrected chi connectivity index (χ0v) is 11.6. The number of sulfonamides is 1. The second kappa shape index (κ2) is 5.88. The molecule has 0 saturated carbocycles. The first kappa shape index (κ1) is 14.3. The summed E-state index contributed by atoms with van der Waals surface area (Å²) in [6.45, 7) is 0.190. The highest BCUT2D eigenvalue weighted by molar-refractivity contribution is 7.89. The summed E-state index contributed by atoms with van der Waals surface area (Å²) in [6.07, 6.45) is 1.77. The lowest BCUT2D eigenvalue weighted by atomic mass is 10.3. The fourth-order valence-corrected chi connectivity index (χ4v) is 2.87. The van der Waals surface area contributed by atoms with Gasteiger partial charge in [0.15, 0.2) is 0 Å². The molecule has 0 bridgehead atoms. The third-order valence-corrected chi connectivity index (χ3v) is 4.08. The highest BCUT2D eigenvalue weighted by Crippen LogP contribution is 2.25. The molecule has 1 heterocycles. The first-order chi connectivity index (χ1) is 9.53. The molecule has 0 aliphatic heterocycles. The molecule has 0 radical (unpaired) electrons. The summed E-state index contributed by atoms with van der Waals surface area (Å²) in [5.41, 5.74) is 5.96. The van der Waals surface area contributed by atoms with Crippen molar-refractivity contribution >= 4 is 15.7 Å². The lowest BCUT2D eigenvalue weighted by Gasteiger charge is -2.11. The van der Waals surface area contributed by atoms with Gasteiger partial charge in [0.2, 0.25) is 10.0 Å². The monoisotopic (exact) mass is 297 g/mol. The summed E-state index contributed by atoms with van der Waals surface area (Å²) in [6, 6.07) is 4.45. The summed E-state index contributed by atoms with van der Waals surface area (Å²) in [5, 5.41) is 6.34. The van der Waals surface area contributed by atoms with Crippen molar-refractivity contribution in [3.8, 4) is 5.75 Å². The van der Waals surface area contributed by atoms with Crippen molar-refractivity contribution in [1.82, 2.24) is 19.9 Å². The van der Waals surface area contributed by atoms with Crippen molar-refractivity contribution < 1.29 is 13.2 Å². The van der Waals surface area contributed by atoms with Gasteiger partial charge in [0, 0.05) is 18.7 Å². The van der Waals surface area contributed by atoms with E-state index in [-0.39, 0.29) is 17.2 Å². The molecule has 0 spiro atoms. The van der Waals surface area contributed by atoms with Crippen molar-refractivity contribution in [2.24, 2.45) is 0 Å². The number of hydrogen-bond acceptors (Lipinski definition) is 6. The van der Waals surface area contributed by atoms with E-state index in [0.717, 1.165) is 0 Å². The van der Waals surface area contributed by atoms with Gasteiger partial charge in [-0.1, -0.05) is 0 Å². The van der Waals surface area contributed by atoms with Crippen LogP contribution in [0.25, 0.3) is 0 Å². The van der Waals surface area contributed by atoms with Gasteiger partial charge in [0.05, 0.1) is 7.11 Å². The molecule has 4 N–H and O–H groups in total. The maximum absolute atomic E-state index is 12.2. The lowest BCUT2D eigenvalue weighted by molar-refractivity contribution is 0.402. The SMILES string of the molecule is COc1ccc(N)cc1S(=O)(=O)NCCc1ncn[nH]1. The largest absolute Gasteiger partial charge is 0.495 e. The molecule has 0 atom stereocenters. The van der Waals surface area contributed by atoms with Gasteiger partial charge in [-0.3, -0.25) is 5.10 Å². The Balaban J connectivity index is 2.11. The van der Waals surface area contributed by atoms with Gasteiger partial charge in [-0.2, -0.15) is 5.10 Å². The molecule has 0 aliphatic carbocycles. The molecule has 108 valence electrons. The van der Waals surface area contributed by atoms with Crippen LogP contribution in [0.3, 0.4) is 0 Å². The summed E-state index contributed by atoms with van der Waals surface area (Å²) >= 11 is 0. The zero-order chi connectivity index (χ0) is 14.6. The van der Waals surface area contributed by atoms with Crippen LogP contribution in [0.15, 0.2) is 29.4 Å². The normalized spacial score (nSPS) is 11.4. The van der Waals surface area contributed by atoms with Crippen molar-refractivity contribution in [3.63, 3.8) is 0 Å². The fourth-order valence-electron chi connectivity index (χ4n) is 1.64. The smallest absolute Gasteiger partial charge is 0.244 e. The zero-order valence-electron chi connectivity index (χ0n) is 10.8. The van der Waals surface area contributed by atoms with Crippen LogP contribution in [0.2, 0.25) is 0 Å². The Morgan fingerprint density at radius 1 is 1.45 bits per heavy atom. The Morgan fingerprint density at radius 3 is 2.90 bits per heavy atom. The van der Waals surface area contributed by atoms with E-state index in [0.29, 0.717) is 17.9 Å². The molecule has 20 heavy (non-hydrogen) atoms. The maximum atomic E-state index is 12.2. The predicted molar refractivity (Wildman–Crippen MR) is 72.7 cm³/mol. The van der Waals surface area contributed by atoms with E-state index in [2.05, 4.69) is 19.9 Å². The van der Waals surface area contributed by atoms with E-state index >= 15 is 0 Å². The number of benzene rings is 1. The van der Waals surface area contributed by atoms with Gasteiger partial charge in [-0.05, 0) is 18.2 Å². The van der Waals surface area contributed by atoms with Crippen LogP contribution in [-0.4, -0.2) is 37.3 Å². The van der Waals surface area contributed by atoms with Gasteiger partial charge in [-0.15, -0.1) is 0 Å². The molecule has 2 aromatic rings. The molecule has 0 fully saturated rings. The molecule has 0 saturated heterocycles. The van der Waals surface area contributed by atoms with Crippen LogP contribution in [0, 0.1) is 0 Å². The number of aromatic nitrogens is 3. The second-order valence-corrected chi connectivity index (χ2v) is 5.73. The van der Waals surface area contributed by atoms with Crippen LogP contribution in [0.5, 0.6) is 5.75 Å². The number of aromatic amines is 1. The average Bonchev–Trinajstić information content (AvgIpc) is 2.91. The number of anilines is 1. The van der Waals surface area contributed by atoms with Crippen LogP contribution in [-0.2, 0) is 16.4 Å². The maximum Gasteiger partial charge on any atom is 0.244 e. The third kappa shape index (κ3) is 3.25. The van der Waals surface area contributed by atoms with E-state index in [1.165, 1.54) is 25.6 Å². The summed E-state index contributed by atoms with van der Waals surface area (Å²) in [7, 11) is -2.29. The standard InChI is InChI=1S/C11H15N5O3S/c1-19-9-3-2-8(12)6-10(9)20(17,18)15-5-4-11-13-7-14-16-11/h2-3,6-7,15H,4-5,12H2,1H3,(H,13,14,16). The van der Waals surface area contributed by atoms with Crippen molar-refractivity contribution in [3.05, 3.63) is 30.4 Å². The van der Waals surface area contributed by atoms with E-state index < -0.39 is 10.0 Å². The number of H-pyrrole nitrogens is 1. The molecule has 1 aromatic carbocycles. The molecule has 0 aliphatic rings. The van der Waals surface area contributed by atoms with E-state index in [1.54, 1.807) is 6.07 Å². The van der Waals surface area contributed by atoms with Crippen LogP contribution < -0.4 is 15.2 Å². The number of rotatable bonds is 6. The average molecular weight is 297 g/mol. The summed E-state index contributed by atoms with van der Waals surface area (Å²) < 4.78 is 31.9. The topological polar surface area (TPSA) is 123 Å². The van der Waals surface area contributed by atoms with Crippen molar-refractivity contribution in [1.29, 1.82) is 0 Å². The highest BCUT2D eigenvalue weighted by Gasteiger charge is 2.19. The van der Waals surface area contributed by atoms with Crippen LogP contribution >= 0.6 is 0 Å². The quantitative estimate of drug-likeness (QED) is 0.641. The van der Waals surface area contributed by atoms with Crippen LogP contribution in [0.4, 0.5) is 5.69 Å². The Bertz CT molecular complexity index is 669.